The van der Waals surface area contributed by atoms with Crippen molar-refractivity contribution in [1.29, 1.82) is 0 Å². The molecule has 0 aliphatic carbocycles. The molecule has 0 unspecified atom stereocenters. The van der Waals surface area contributed by atoms with E-state index < -0.39 is 0 Å². The largest absolute Gasteiger partial charge is 0.321 e. The van der Waals surface area contributed by atoms with Gasteiger partial charge in [0.15, 0.2) is 5.84 Å². The fourth-order valence-electron chi connectivity index (χ4n) is 0.964. The number of nitrogens with zero attached hydrogens (tertiary/aromatic N) is 3. The molecule has 1 aromatic rings. The van der Waals surface area contributed by atoms with Gasteiger partial charge in [-0.1, -0.05) is 24.3 Å². The van der Waals surface area contributed by atoms with Crippen LogP contribution in [0.3, 0.4) is 0 Å². The van der Waals surface area contributed by atoms with Crippen molar-refractivity contribution in [2.45, 2.75) is 0 Å². The molecule has 0 aliphatic rings. The molecule has 0 spiro atoms. The number of rotatable bonds is 2. The van der Waals surface area contributed by atoms with Crippen LogP contribution in [0.4, 0.5) is 0 Å². The number of azo groups is 1. The summed E-state index contributed by atoms with van der Waals surface area (Å²) in [4.78, 5) is 10.4. The van der Waals surface area contributed by atoms with Gasteiger partial charge in [0.2, 0.25) is 0 Å². The second-order valence-electron chi connectivity index (χ2n) is 2.49. The number of hydrogen-bond acceptors (Lipinski definition) is 4. The van der Waals surface area contributed by atoms with Gasteiger partial charge in [-0.15, -0.1) is 5.11 Å². The normalized spacial score (nSPS) is 11.9. The molecule has 0 aromatic heterocycles. The number of carbonyl (C=O) groups excluding carboxylic acids is 1. The molecule has 1 rings (SSSR count). The summed E-state index contributed by atoms with van der Waals surface area (Å²) < 4.78 is 0. The van der Waals surface area contributed by atoms with Gasteiger partial charge in [-0.25, -0.2) is 0 Å². The van der Waals surface area contributed by atoms with E-state index in [1.54, 1.807) is 24.3 Å². The van der Waals surface area contributed by atoms with Crippen molar-refractivity contribution in [2.75, 3.05) is 7.05 Å². The molecule has 0 heterocycles. The first-order chi connectivity index (χ1) is 6.81. The van der Waals surface area contributed by atoms with Gasteiger partial charge < -0.3 is 5.84 Å². The van der Waals surface area contributed by atoms with E-state index in [1.165, 1.54) is 7.05 Å². The summed E-state index contributed by atoms with van der Waals surface area (Å²) in [6.45, 7) is 0. The lowest BCUT2D eigenvalue weighted by molar-refractivity contribution is 0.112. The average molecular weight is 190 g/mol. The van der Waals surface area contributed by atoms with E-state index in [0.717, 1.165) is 11.8 Å². The van der Waals surface area contributed by atoms with Crippen molar-refractivity contribution in [3.05, 3.63) is 35.4 Å². The van der Waals surface area contributed by atoms with E-state index in [0.29, 0.717) is 11.4 Å². The van der Waals surface area contributed by atoms with Crippen LogP contribution in [0, 0.1) is 0 Å². The Morgan fingerprint density at radius 3 is 2.43 bits per heavy atom. The highest BCUT2D eigenvalue weighted by atomic mass is 16.1. The van der Waals surface area contributed by atoms with Gasteiger partial charge in [0, 0.05) is 18.2 Å². The van der Waals surface area contributed by atoms with E-state index in [9.17, 15) is 4.79 Å². The summed E-state index contributed by atoms with van der Waals surface area (Å²) in [7, 11) is 1.53. The molecule has 5 nitrogen and oxygen atoms in total. The molecule has 0 saturated carbocycles. The smallest absolute Gasteiger partial charge is 0.200 e. The lowest BCUT2D eigenvalue weighted by Gasteiger charge is -1.97. The van der Waals surface area contributed by atoms with E-state index in [1.807, 2.05) is 0 Å². The highest BCUT2D eigenvalue weighted by Gasteiger charge is 2.00. The molecule has 0 amide bonds. The Kier molecular flexibility index (Phi) is 3.49. The number of hydrogen-bond donors (Lipinski definition) is 1. The maximum atomic E-state index is 10.4. The van der Waals surface area contributed by atoms with Crippen molar-refractivity contribution >= 4 is 12.1 Å². The zero-order valence-electron chi connectivity index (χ0n) is 7.71. The topological polar surface area (TPSA) is 80.2 Å². The lowest BCUT2D eigenvalue weighted by atomic mass is 10.1. The van der Waals surface area contributed by atoms with Crippen LogP contribution < -0.4 is 5.84 Å². The fraction of sp³-hybridized carbons (Fsp3) is 0.111. The minimum absolute atomic E-state index is 0.338. The first-order valence-corrected chi connectivity index (χ1v) is 3.95. The molecule has 0 atom stereocenters. The zero-order chi connectivity index (χ0) is 10.4. The highest BCUT2D eigenvalue weighted by Crippen LogP contribution is 2.04. The van der Waals surface area contributed by atoms with Crippen LogP contribution >= 0.6 is 0 Å². The summed E-state index contributed by atoms with van der Waals surface area (Å²) in [5.41, 5.74) is 1.32. The van der Waals surface area contributed by atoms with Crippen molar-refractivity contribution in [3.63, 3.8) is 0 Å². The molecule has 0 saturated heterocycles. The second kappa shape index (κ2) is 4.86. The lowest BCUT2D eigenvalue weighted by Crippen LogP contribution is -2.00. The highest BCUT2D eigenvalue weighted by molar-refractivity contribution is 5.99. The number of nitrogens with two attached hydrogens (primary N) is 1. The molecule has 5 heteroatoms. The fourth-order valence-corrected chi connectivity index (χ4v) is 0.964. The maximum Gasteiger partial charge on any atom is 0.200 e. The minimum atomic E-state index is 0.338. The molecule has 14 heavy (non-hydrogen) atoms. The monoisotopic (exact) mass is 190 g/mol. The molecule has 0 aliphatic heterocycles. The Balaban J connectivity index is 3.01. The maximum absolute atomic E-state index is 10.4. The molecule has 72 valence electrons. The van der Waals surface area contributed by atoms with E-state index in [-0.39, 0.29) is 0 Å². The van der Waals surface area contributed by atoms with Crippen LogP contribution in [-0.4, -0.2) is 19.2 Å². The number of amidine groups is 1. The molecule has 2 N–H and O–H groups in total. The third-order valence-electron chi connectivity index (χ3n) is 1.62. The third-order valence-corrected chi connectivity index (χ3v) is 1.62. The Hall–Kier alpha value is -2.04. The molecule has 0 radical (unpaired) electrons. The van der Waals surface area contributed by atoms with Gasteiger partial charge in [0.25, 0.3) is 0 Å². The van der Waals surface area contributed by atoms with Crippen LogP contribution in [-0.2, 0) is 0 Å². The number of carbonyl (C=O) groups is 1. The first-order valence-electron chi connectivity index (χ1n) is 3.95. The minimum Gasteiger partial charge on any atom is -0.321 e. The molecular formula is C9H10N4O. The van der Waals surface area contributed by atoms with E-state index in [4.69, 9.17) is 5.84 Å². The second-order valence-corrected chi connectivity index (χ2v) is 2.49. The molecular weight excluding hydrogens is 180 g/mol. The van der Waals surface area contributed by atoms with Gasteiger partial charge in [0.05, 0.1) is 0 Å². The van der Waals surface area contributed by atoms with E-state index >= 15 is 0 Å². The number of benzene rings is 1. The molecule has 0 bridgehead atoms. The van der Waals surface area contributed by atoms with Crippen molar-refractivity contribution in [3.8, 4) is 0 Å². The summed E-state index contributed by atoms with van der Waals surface area (Å²) >= 11 is 0. The van der Waals surface area contributed by atoms with Gasteiger partial charge in [-0.3, -0.25) is 4.79 Å². The van der Waals surface area contributed by atoms with Gasteiger partial charge in [-0.2, -0.15) is 10.2 Å². The Bertz CT molecular complexity index is 367. The predicted molar refractivity (Wildman–Crippen MR) is 53.3 cm³/mol. The van der Waals surface area contributed by atoms with E-state index in [2.05, 4.69) is 15.3 Å². The average Bonchev–Trinajstić information content (AvgIpc) is 2.26. The summed E-state index contributed by atoms with van der Waals surface area (Å²) in [6.07, 6.45) is 0.768. The van der Waals surface area contributed by atoms with Crippen molar-refractivity contribution in [2.24, 2.45) is 21.2 Å². The van der Waals surface area contributed by atoms with Gasteiger partial charge in [0.1, 0.15) is 6.29 Å². The van der Waals surface area contributed by atoms with Crippen LogP contribution in [0.1, 0.15) is 15.9 Å². The number of hydrazone groups is 1. The standard InChI is InChI=1S/C9H10N4O/c1-11-13-9(12-10)8-4-2-7(6-14)3-5-8/h2-6H,10H2,1H3. The summed E-state index contributed by atoms with van der Waals surface area (Å²) in [5, 5.41) is 10.8. The first kappa shape index (κ1) is 10.0. The molecule has 1 aromatic carbocycles. The van der Waals surface area contributed by atoms with Gasteiger partial charge >= 0.3 is 0 Å². The van der Waals surface area contributed by atoms with Crippen LogP contribution in [0.25, 0.3) is 0 Å². The van der Waals surface area contributed by atoms with Crippen molar-refractivity contribution < 1.29 is 4.79 Å². The Morgan fingerprint density at radius 1 is 1.36 bits per heavy atom. The van der Waals surface area contributed by atoms with Gasteiger partial charge in [-0.05, 0) is 0 Å². The Morgan fingerprint density at radius 2 is 2.00 bits per heavy atom. The van der Waals surface area contributed by atoms with Crippen LogP contribution in [0.2, 0.25) is 0 Å². The van der Waals surface area contributed by atoms with Crippen LogP contribution in [0.15, 0.2) is 39.6 Å². The number of aldehydes is 1. The SMILES string of the molecule is CN=NC(=NN)c1ccc(C=O)cc1. The quantitative estimate of drug-likeness (QED) is 0.190. The van der Waals surface area contributed by atoms with Crippen LogP contribution in [0.5, 0.6) is 0 Å². The predicted octanol–water partition coefficient (Wildman–Crippen LogP) is 1.20. The summed E-state index contributed by atoms with van der Waals surface area (Å²) in [5.74, 6) is 5.46. The summed E-state index contributed by atoms with van der Waals surface area (Å²) in [6, 6.07) is 6.76. The third kappa shape index (κ3) is 2.22. The Labute approximate surface area is 81.3 Å². The van der Waals surface area contributed by atoms with Crippen molar-refractivity contribution in [1.82, 2.24) is 0 Å². The zero-order valence-corrected chi connectivity index (χ0v) is 7.71. The molecule has 0 fully saturated rings.